The van der Waals surface area contributed by atoms with Crippen LogP contribution < -0.4 is 10.2 Å². The molecule has 5 heteroatoms. The van der Waals surface area contributed by atoms with E-state index in [2.05, 4.69) is 20.3 Å². The van der Waals surface area contributed by atoms with Gasteiger partial charge in [0.1, 0.15) is 5.82 Å². The van der Waals surface area contributed by atoms with Crippen molar-refractivity contribution in [2.24, 2.45) is 0 Å². The highest BCUT2D eigenvalue weighted by molar-refractivity contribution is 5.90. The van der Waals surface area contributed by atoms with Gasteiger partial charge in [0.25, 0.3) is 0 Å². The third kappa shape index (κ3) is 2.91. The third-order valence-electron chi connectivity index (χ3n) is 3.16. The van der Waals surface area contributed by atoms with Crippen molar-refractivity contribution in [1.29, 1.82) is 0 Å². The van der Waals surface area contributed by atoms with Crippen LogP contribution in [0.15, 0.2) is 48.7 Å². The fraction of sp³-hybridized carbons (Fsp3) is 0.188. The lowest BCUT2D eigenvalue weighted by Crippen LogP contribution is -2.14. The molecule has 106 valence electrons. The van der Waals surface area contributed by atoms with Gasteiger partial charge in [0.2, 0.25) is 5.95 Å². The van der Waals surface area contributed by atoms with Gasteiger partial charge in [-0.15, -0.1) is 0 Å². The van der Waals surface area contributed by atoms with Gasteiger partial charge >= 0.3 is 0 Å². The molecule has 0 radical (unpaired) electrons. The molecule has 1 N–H and O–H groups in total. The van der Waals surface area contributed by atoms with Crippen LogP contribution in [-0.4, -0.2) is 29.0 Å². The van der Waals surface area contributed by atoms with Gasteiger partial charge < -0.3 is 10.2 Å². The molecule has 3 aromatic rings. The van der Waals surface area contributed by atoms with Gasteiger partial charge in [0.05, 0.1) is 17.8 Å². The number of para-hydroxylation sites is 1. The summed E-state index contributed by atoms with van der Waals surface area (Å²) >= 11 is 0. The lowest BCUT2D eigenvalue weighted by molar-refractivity contribution is 0.995. The molecule has 0 aliphatic heterocycles. The SMILES string of the molecule is CN(C)c1nc(NCc2ccccn2)nc2ccccc12. The minimum Gasteiger partial charge on any atom is -0.362 e. The van der Waals surface area contributed by atoms with Crippen LogP contribution >= 0.6 is 0 Å². The number of rotatable bonds is 4. The van der Waals surface area contributed by atoms with Crippen molar-refractivity contribution in [2.75, 3.05) is 24.3 Å². The first-order valence-corrected chi connectivity index (χ1v) is 6.82. The van der Waals surface area contributed by atoms with E-state index in [-0.39, 0.29) is 0 Å². The standard InChI is InChI=1S/C16H17N5/c1-21(2)15-13-8-3-4-9-14(13)19-16(20-15)18-11-12-7-5-6-10-17-12/h3-10H,11H2,1-2H3,(H,18,19,20). The monoisotopic (exact) mass is 279 g/mol. The second kappa shape index (κ2) is 5.75. The Morgan fingerprint density at radius 1 is 1.00 bits per heavy atom. The van der Waals surface area contributed by atoms with Crippen LogP contribution in [0.5, 0.6) is 0 Å². The number of fused-ring (bicyclic) bond motifs is 1. The fourth-order valence-corrected chi connectivity index (χ4v) is 2.15. The second-order valence-electron chi connectivity index (χ2n) is 4.96. The minimum absolute atomic E-state index is 0.603. The minimum atomic E-state index is 0.603. The predicted molar refractivity (Wildman–Crippen MR) is 85.4 cm³/mol. The molecule has 5 nitrogen and oxygen atoms in total. The average Bonchev–Trinajstić information content (AvgIpc) is 2.53. The summed E-state index contributed by atoms with van der Waals surface area (Å²) in [6.45, 7) is 0.603. The number of aromatic nitrogens is 3. The average molecular weight is 279 g/mol. The number of nitrogens with one attached hydrogen (secondary N) is 1. The van der Waals surface area contributed by atoms with E-state index in [9.17, 15) is 0 Å². The van der Waals surface area contributed by atoms with Crippen LogP contribution in [0.2, 0.25) is 0 Å². The topological polar surface area (TPSA) is 53.9 Å². The maximum atomic E-state index is 4.59. The van der Waals surface area contributed by atoms with Crippen LogP contribution in [0.25, 0.3) is 10.9 Å². The molecule has 0 saturated carbocycles. The molecule has 0 unspecified atom stereocenters. The van der Waals surface area contributed by atoms with Crippen molar-refractivity contribution in [2.45, 2.75) is 6.54 Å². The third-order valence-corrected chi connectivity index (χ3v) is 3.16. The first-order chi connectivity index (χ1) is 10.2. The predicted octanol–water partition coefficient (Wildman–Crippen LogP) is 2.70. The van der Waals surface area contributed by atoms with E-state index in [1.54, 1.807) is 6.20 Å². The highest BCUT2D eigenvalue weighted by atomic mass is 15.2. The number of anilines is 2. The maximum absolute atomic E-state index is 4.59. The zero-order valence-corrected chi connectivity index (χ0v) is 12.1. The van der Waals surface area contributed by atoms with Gasteiger partial charge in [0.15, 0.2) is 0 Å². The molecule has 0 atom stereocenters. The summed E-state index contributed by atoms with van der Waals surface area (Å²) in [4.78, 5) is 15.4. The summed E-state index contributed by atoms with van der Waals surface area (Å²) < 4.78 is 0. The van der Waals surface area contributed by atoms with Crippen molar-refractivity contribution in [3.63, 3.8) is 0 Å². The van der Waals surface area contributed by atoms with Gasteiger partial charge in [-0.25, -0.2) is 4.98 Å². The molecular weight excluding hydrogens is 262 g/mol. The smallest absolute Gasteiger partial charge is 0.225 e. The quantitative estimate of drug-likeness (QED) is 0.795. The van der Waals surface area contributed by atoms with E-state index >= 15 is 0 Å². The number of hydrogen-bond acceptors (Lipinski definition) is 5. The maximum Gasteiger partial charge on any atom is 0.225 e. The van der Waals surface area contributed by atoms with Gasteiger partial charge in [0, 0.05) is 25.7 Å². The Bertz CT molecular complexity index is 740. The molecule has 21 heavy (non-hydrogen) atoms. The zero-order valence-electron chi connectivity index (χ0n) is 12.1. The molecule has 0 spiro atoms. The van der Waals surface area contributed by atoms with Crippen LogP contribution in [0.3, 0.4) is 0 Å². The lowest BCUT2D eigenvalue weighted by atomic mass is 10.2. The Kier molecular flexibility index (Phi) is 3.64. The molecule has 0 amide bonds. The number of pyridine rings is 1. The van der Waals surface area contributed by atoms with Crippen molar-refractivity contribution in [3.8, 4) is 0 Å². The summed E-state index contributed by atoms with van der Waals surface area (Å²) in [5.41, 5.74) is 1.89. The van der Waals surface area contributed by atoms with Gasteiger partial charge in [-0.3, -0.25) is 4.98 Å². The Morgan fingerprint density at radius 2 is 1.81 bits per heavy atom. The first-order valence-electron chi connectivity index (χ1n) is 6.82. The Labute approximate surface area is 123 Å². The molecular formula is C16H17N5. The Hall–Kier alpha value is -2.69. The Balaban J connectivity index is 1.92. The van der Waals surface area contributed by atoms with E-state index < -0.39 is 0 Å². The van der Waals surface area contributed by atoms with Crippen molar-refractivity contribution < 1.29 is 0 Å². The van der Waals surface area contributed by atoms with E-state index in [4.69, 9.17) is 0 Å². The summed E-state index contributed by atoms with van der Waals surface area (Å²) in [6, 6.07) is 13.9. The van der Waals surface area contributed by atoms with Crippen LogP contribution in [0, 0.1) is 0 Å². The van der Waals surface area contributed by atoms with Crippen LogP contribution in [-0.2, 0) is 6.54 Å². The molecule has 0 fully saturated rings. The largest absolute Gasteiger partial charge is 0.362 e. The van der Waals surface area contributed by atoms with Crippen molar-refractivity contribution >= 4 is 22.7 Å². The molecule has 2 heterocycles. The van der Waals surface area contributed by atoms with Crippen molar-refractivity contribution in [1.82, 2.24) is 15.0 Å². The van der Waals surface area contributed by atoms with Crippen molar-refractivity contribution in [3.05, 3.63) is 54.4 Å². The molecule has 0 saturated heterocycles. The molecule has 0 bridgehead atoms. The van der Waals surface area contributed by atoms with Gasteiger partial charge in [-0.2, -0.15) is 4.98 Å². The highest BCUT2D eigenvalue weighted by Crippen LogP contribution is 2.23. The molecule has 0 aliphatic carbocycles. The summed E-state index contributed by atoms with van der Waals surface area (Å²) in [7, 11) is 3.97. The van der Waals surface area contributed by atoms with E-state index in [0.29, 0.717) is 12.5 Å². The number of nitrogens with zero attached hydrogens (tertiary/aromatic N) is 4. The number of benzene rings is 1. The van der Waals surface area contributed by atoms with E-state index in [1.165, 1.54) is 0 Å². The van der Waals surface area contributed by atoms with E-state index in [0.717, 1.165) is 22.4 Å². The van der Waals surface area contributed by atoms with E-state index in [1.807, 2.05) is 61.5 Å². The highest BCUT2D eigenvalue weighted by Gasteiger charge is 2.08. The Morgan fingerprint density at radius 3 is 2.57 bits per heavy atom. The molecule has 1 aromatic carbocycles. The number of hydrogen-bond donors (Lipinski definition) is 1. The molecule has 0 aliphatic rings. The second-order valence-corrected chi connectivity index (χ2v) is 4.96. The van der Waals surface area contributed by atoms with Crippen LogP contribution in [0.1, 0.15) is 5.69 Å². The summed E-state index contributed by atoms with van der Waals surface area (Å²) in [6.07, 6.45) is 1.78. The fourth-order valence-electron chi connectivity index (χ4n) is 2.15. The van der Waals surface area contributed by atoms with Crippen LogP contribution in [0.4, 0.5) is 11.8 Å². The summed E-state index contributed by atoms with van der Waals surface area (Å²) in [5.74, 6) is 1.52. The zero-order chi connectivity index (χ0) is 14.7. The lowest BCUT2D eigenvalue weighted by Gasteiger charge is -2.15. The van der Waals surface area contributed by atoms with Gasteiger partial charge in [-0.05, 0) is 24.3 Å². The normalized spacial score (nSPS) is 10.6. The molecule has 2 aromatic heterocycles. The van der Waals surface area contributed by atoms with Gasteiger partial charge in [-0.1, -0.05) is 18.2 Å². The first kappa shape index (κ1) is 13.3. The summed E-state index contributed by atoms with van der Waals surface area (Å²) in [5, 5.41) is 4.28. The molecule has 3 rings (SSSR count).